The molecule has 1 heterocycles. The molecule has 202 valence electrons. The number of rotatable bonds is 4. The number of phenolic OH excluding ortho intramolecular Hbond substituents is 1. The maximum atomic E-state index is 14.0. The Morgan fingerprint density at radius 3 is 2.48 bits per heavy atom. The molecule has 7 nitrogen and oxygen atoms in total. The monoisotopic (exact) mass is 599 g/mol. The van der Waals surface area contributed by atoms with E-state index >= 15 is 0 Å². The Hall–Kier alpha value is -4.04. The highest BCUT2D eigenvalue weighted by atomic mass is 79.9. The number of benzene rings is 2. The Morgan fingerprint density at radius 2 is 1.80 bits per heavy atom. The first-order chi connectivity index (χ1) is 19.2. The van der Waals surface area contributed by atoms with Crippen LogP contribution in [0, 0.1) is 17.8 Å². The average molecular weight is 600 g/mol. The molecule has 0 radical (unpaired) electrons. The number of methoxy groups -OCH3 is 1. The topological polar surface area (TPSA) is 101 Å². The Kier molecular flexibility index (Phi) is 6.26. The van der Waals surface area contributed by atoms with Crippen molar-refractivity contribution in [3.05, 3.63) is 93.0 Å². The van der Waals surface area contributed by atoms with Gasteiger partial charge in [-0.05, 0) is 61.6 Å². The molecular weight excluding hydrogens is 574 g/mol. The van der Waals surface area contributed by atoms with Crippen molar-refractivity contribution in [2.24, 2.45) is 17.8 Å². The predicted molar refractivity (Wildman–Crippen MR) is 153 cm³/mol. The van der Waals surface area contributed by atoms with Gasteiger partial charge in [0.05, 0.1) is 24.6 Å². The van der Waals surface area contributed by atoms with Crippen LogP contribution in [0.1, 0.15) is 36.8 Å². The fourth-order valence-electron chi connectivity index (χ4n) is 6.72. The number of ketones is 2. The third kappa shape index (κ3) is 3.77. The lowest BCUT2D eigenvalue weighted by Gasteiger charge is -2.42. The van der Waals surface area contributed by atoms with Gasteiger partial charge >= 0.3 is 0 Å². The van der Waals surface area contributed by atoms with Crippen molar-refractivity contribution in [2.45, 2.75) is 25.7 Å². The van der Waals surface area contributed by atoms with Crippen molar-refractivity contribution in [1.82, 2.24) is 0 Å². The molecule has 0 bridgehead atoms. The zero-order valence-corrected chi connectivity index (χ0v) is 23.5. The molecule has 1 aliphatic heterocycles. The maximum Gasteiger partial charge on any atom is 0.238 e. The first-order valence-corrected chi connectivity index (χ1v) is 13.8. The van der Waals surface area contributed by atoms with Crippen LogP contribution in [0.5, 0.6) is 11.5 Å². The van der Waals surface area contributed by atoms with Gasteiger partial charge in [-0.3, -0.25) is 24.1 Å². The van der Waals surface area contributed by atoms with Gasteiger partial charge in [0.1, 0.15) is 0 Å². The summed E-state index contributed by atoms with van der Waals surface area (Å²) < 4.78 is 6.01. The van der Waals surface area contributed by atoms with Crippen molar-refractivity contribution in [3.63, 3.8) is 0 Å². The van der Waals surface area contributed by atoms with Crippen LogP contribution in [0.15, 0.2) is 81.9 Å². The van der Waals surface area contributed by atoms with Gasteiger partial charge in [0.15, 0.2) is 23.1 Å². The number of amides is 2. The molecule has 6 rings (SSSR count). The first-order valence-electron chi connectivity index (χ1n) is 13.0. The van der Waals surface area contributed by atoms with Crippen LogP contribution in [0.25, 0.3) is 6.08 Å². The second kappa shape index (κ2) is 9.55. The molecule has 8 heteroatoms. The van der Waals surface area contributed by atoms with Crippen LogP contribution < -0.4 is 9.64 Å². The summed E-state index contributed by atoms with van der Waals surface area (Å²) in [5, 5.41) is 11.2. The molecule has 2 aromatic carbocycles. The molecule has 0 aromatic heterocycles. The van der Waals surface area contributed by atoms with Crippen molar-refractivity contribution in [1.29, 1.82) is 0 Å². The largest absolute Gasteiger partial charge is 0.504 e. The number of phenols is 1. The molecule has 2 amide bonds. The molecule has 1 fully saturated rings. The van der Waals surface area contributed by atoms with Crippen LogP contribution >= 0.6 is 15.9 Å². The highest BCUT2D eigenvalue weighted by Crippen LogP contribution is 2.57. The molecule has 0 spiro atoms. The van der Waals surface area contributed by atoms with Gasteiger partial charge in [-0.25, -0.2) is 0 Å². The molecule has 1 saturated heterocycles. The number of halogens is 1. The quantitative estimate of drug-likeness (QED) is 0.285. The minimum absolute atomic E-state index is 0.143. The lowest BCUT2D eigenvalue weighted by Crippen LogP contribution is -2.39. The molecule has 3 aliphatic carbocycles. The van der Waals surface area contributed by atoms with Gasteiger partial charge in [0, 0.05) is 32.7 Å². The van der Waals surface area contributed by atoms with E-state index in [1.165, 1.54) is 18.1 Å². The Bertz CT molecular complexity index is 1630. The van der Waals surface area contributed by atoms with E-state index in [1.807, 2.05) is 6.08 Å². The summed E-state index contributed by atoms with van der Waals surface area (Å²) in [6, 6.07) is 10.4. The lowest BCUT2D eigenvalue weighted by atomic mass is 9.59. The highest BCUT2D eigenvalue weighted by Gasteiger charge is 2.56. The van der Waals surface area contributed by atoms with E-state index < -0.39 is 23.7 Å². The zero-order valence-electron chi connectivity index (χ0n) is 21.9. The number of imide groups is 1. The number of hydrogen-bond acceptors (Lipinski definition) is 6. The normalized spacial score (nSPS) is 25.7. The Labute approximate surface area is 239 Å². The third-order valence-corrected chi connectivity index (χ3v) is 9.01. The molecular formula is C32H26BrNO6. The molecule has 2 aromatic rings. The van der Waals surface area contributed by atoms with E-state index in [4.69, 9.17) is 4.74 Å². The van der Waals surface area contributed by atoms with Gasteiger partial charge in [0.25, 0.3) is 0 Å². The van der Waals surface area contributed by atoms with Crippen molar-refractivity contribution < 1.29 is 29.0 Å². The summed E-state index contributed by atoms with van der Waals surface area (Å²) in [5.74, 6) is -3.63. The van der Waals surface area contributed by atoms with E-state index in [9.17, 15) is 24.3 Å². The van der Waals surface area contributed by atoms with Gasteiger partial charge in [0.2, 0.25) is 11.8 Å². The predicted octanol–water partition coefficient (Wildman–Crippen LogP) is 5.44. The van der Waals surface area contributed by atoms with Crippen molar-refractivity contribution in [3.8, 4) is 11.5 Å². The third-order valence-electron chi connectivity index (χ3n) is 8.55. The molecule has 4 atom stereocenters. The van der Waals surface area contributed by atoms with Gasteiger partial charge in [-0.1, -0.05) is 52.4 Å². The lowest BCUT2D eigenvalue weighted by molar-refractivity contribution is -0.123. The van der Waals surface area contributed by atoms with Crippen LogP contribution in [0.3, 0.4) is 0 Å². The van der Waals surface area contributed by atoms with Crippen LogP contribution in [-0.4, -0.2) is 35.6 Å². The minimum atomic E-state index is -0.772. The van der Waals surface area contributed by atoms with Gasteiger partial charge < -0.3 is 9.84 Å². The van der Waals surface area contributed by atoms with E-state index in [0.29, 0.717) is 38.9 Å². The Morgan fingerprint density at radius 1 is 1.07 bits per heavy atom. The number of hydrogen-bond donors (Lipinski definition) is 1. The maximum absolute atomic E-state index is 14.0. The average Bonchev–Trinajstić information content (AvgIpc) is 3.21. The summed E-state index contributed by atoms with van der Waals surface area (Å²) >= 11 is 3.47. The molecule has 4 aliphatic rings. The molecule has 1 N–H and O–H groups in total. The fourth-order valence-corrected chi connectivity index (χ4v) is 7.18. The fraction of sp³-hybridized carbons (Fsp3) is 0.250. The first kappa shape index (κ1) is 26.2. The second-order valence-electron chi connectivity index (χ2n) is 10.6. The number of carbonyl (C=O) groups excluding carboxylic acids is 4. The summed E-state index contributed by atoms with van der Waals surface area (Å²) in [6.07, 6.45) is 5.43. The number of fused-ring (bicyclic) bond motifs is 3. The number of allylic oxidation sites excluding steroid dienone is 6. The van der Waals surface area contributed by atoms with E-state index in [2.05, 4.69) is 22.5 Å². The van der Waals surface area contributed by atoms with E-state index in [-0.39, 0.29) is 41.3 Å². The van der Waals surface area contributed by atoms with Crippen molar-refractivity contribution in [2.75, 3.05) is 12.0 Å². The second-order valence-corrected chi connectivity index (χ2v) is 11.5. The standard InChI is InChI=1S/C32H26BrNO6/c1-4-16-5-7-18(8-6-16)34-31(38)20-10-9-19-21(27(20)32(34)39)14-23-28(24(35)11-15(2)29(23)36)26(19)22-12-17(33)13-25(40-3)30(22)37/h4-9,11-13,20-21,26-27,37H,1,10,14H2,2-3H3/t20-,21+,26+,27-/m0/s1. The van der Waals surface area contributed by atoms with Crippen molar-refractivity contribution >= 4 is 51.1 Å². The number of nitrogens with zero attached hydrogens (tertiary/aromatic N) is 1. The number of carbonyl (C=O) groups is 4. The zero-order chi connectivity index (χ0) is 28.5. The number of Topliss-reactive ketones (excluding diaryl/α,β-unsaturated/α-hetero) is 1. The molecule has 0 saturated carbocycles. The van der Waals surface area contributed by atoms with Gasteiger partial charge in [-0.2, -0.15) is 0 Å². The van der Waals surface area contributed by atoms with E-state index in [0.717, 1.165) is 11.1 Å². The van der Waals surface area contributed by atoms with Crippen LogP contribution in [-0.2, 0) is 19.2 Å². The number of ether oxygens (including phenoxy) is 1. The molecule has 40 heavy (non-hydrogen) atoms. The van der Waals surface area contributed by atoms with Crippen LogP contribution in [0.4, 0.5) is 5.69 Å². The SMILES string of the molecule is C=Cc1ccc(N2C(=O)[C@H]3[C@H](CC=C4[C@H](c5cc(Br)cc(OC)c5O)C5=C(C[C@H]43)C(=O)C(C)=CC5=O)C2=O)cc1. The minimum Gasteiger partial charge on any atom is -0.504 e. The van der Waals surface area contributed by atoms with E-state index in [1.54, 1.807) is 49.4 Å². The number of aromatic hydroxyl groups is 1. The summed E-state index contributed by atoms with van der Waals surface area (Å²) in [5.41, 5.74) is 3.49. The number of anilines is 1. The smallest absolute Gasteiger partial charge is 0.238 e. The highest BCUT2D eigenvalue weighted by molar-refractivity contribution is 9.10. The summed E-state index contributed by atoms with van der Waals surface area (Å²) in [4.78, 5) is 55.8. The molecule has 0 unspecified atom stereocenters. The van der Waals surface area contributed by atoms with Gasteiger partial charge in [-0.15, -0.1) is 0 Å². The summed E-state index contributed by atoms with van der Waals surface area (Å²) in [7, 11) is 1.44. The summed E-state index contributed by atoms with van der Waals surface area (Å²) in [6.45, 7) is 5.36. The van der Waals surface area contributed by atoms with Crippen LogP contribution in [0.2, 0.25) is 0 Å². The Balaban J connectivity index is 1.51.